The van der Waals surface area contributed by atoms with Crippen molar-refractivity contribution in [3.05, 3.63) is 97.5 Å². The molecule has 38 heavy (non-hydrogen) atoms. The van der Waals surface area contributed by atoms with Crippen molar-refractivity contribution in [1.29, 1.82) is 0 Å². The van der Waals surface area contributed by atoms with E-state index >= 15 is 0 Å². The molecule has 0 saturated carbocycles. The monoisotopic (exact) mass is 606 g/mol. The Bertz CT molecular complexity index is 1480. The summed E-state index contributed by atoms with van der Waals surface area (Å²) in [4.78, 5) is 38.9. The summed E-state index contributed by atoms with van der Waals surface area (Å²) in [5.41, 5.74) is 1.23. The number of carbonyl (C=O) groups is 3. The van der Waals surface area contributed by atoms with Crippen LogP contribution >= 0.6 is 27.5 Å². The predicted molar refractivity (Wildman–Crippen MR) is 140 cm³/mol. The first-order valence-corrected chi connectivity index (χ1v) is 12.3. The van der Waals surface area contributed by atoms with E-state index in [0.717, 1.165) is 28.8 Å². The fourth-order valence-electron chi connectivity index (χ4n) is 3.97. The van der Waals surface area contributed by atoms with E-state index in [1.807, 2.05) is 37.4 Å². The number of carbonyl (C=O) groups excluding carboxylic acids is 3. The zero-order valence-corrected chi connectivity index (χ0v) is 22.3. The van der Waals surface area contributed by atoms with Crippen LogP contribution in [0, 0.1) is 13.8 Å². The van der Waals surface area contributed by atoms with Gasteiger partial charge in [-0.25, -0.2) is 9.69 Å². The molecule has 0 atom stereocenters. The van der Waals surface area contributed by atoms with Crippen LogP contribution in [0.5, 0.6) is 5.75 Å². The molecule has 3 aromatic carbocycles. The molecule has 6 nitrogen and oxygen atoms in total. The van der Waals surface area contributed by atoms with E-state index in [4.69, 9.17) is 16.3 Å². The van der Waals surface area contributed by atoms with Crippen LogP contribution in [-0.4, -0.2) is 17.8 Å². The molecule has 0 radical (unpaired) electrons. The number of benzene rings is 3. The molecule has 3 aromatic rings. The summed E-state index contributed by atoms with van der Waals surface area (Å²) in [6, 6.07) is 11.9. The van der Waals surface area contributed by atoms with E-state index in [-0.39, 0.29) is 11.6 Å². The first kappa shape index (κ1) is 27.4. The second-order valence-corrected chi connectivity index (χ2v) is 9.91. The van der Waals surface area contributed by atoms with Crippen molar-refractivity contribution in [2.24, 2.45) is 0 Å². The summed E-state index contributed by atoms with van der Waals surface area (Å²) >= 11 is 9.39. The molecule has 11 heteroatoms. The van der Waals surface area contributed by atoms with E-state index < -0.39 is 40.8 Å². The topological polar surface area (TPSA) is 75.7 Å². The van der Waals surface area contributed by atoms with E-state index in [1.165, 1.54) is 6.08 Å². The zero-order chi connectivity index (χ0) is 27.8. The van der Waals surface area contributed by atoms with Gasteiger partial charge in [-0.3, -0.25) is 14.9 Å². The highest BCUT2D eigenvalue weighted by Gasteiger charge is 2.39. The molecule has 1 saturated heterocycles. The number of alkyl halides is 3. The van der Waals surface area contributed by atoms with Crippen LogP contribution in [0.25, 0.3) is 6.08 Å². The van der Waals surface area contributed by atoms with Gasteiger partial charge in [-0.05, 0) is 61.9 Å². The van der Waals surface area contributed by atoms with Gasteiger partial charge in [0.05, 0.1) is 16.3 Å². The number of halogens is 5. The maximum Gasteiger partial charge on any atom is 0.416 e. The number of nitrogens with zero attached hydrogens (tertiary/aromatic N) is 1. The summed E-state index contributed by atoms with van der Waals surface area (Å²) in [5, 5.41) is 1.70. The Morgan fingerprint density at radius 1 is 1.00 bits per heavy atom. The maximum atomic E-state index is 13.3. The molecule has 196 valence electrons. The van der Waals surface area contributed by atoms with Gasteiger partial charge in [-0.2, -0.15) is 13.2 Å². The normalized spacial score (nSPS) is 15.2. The SMILES string of the molecule is Cc1cc(C)cc(COc2ccc(Br)cc2/C=C2/C(=O)NC(=O)N(c3cc(C(F)(F)F)ccc3Cl)C2=O)c1. The smallest absolute Gasteiger partial charge is 0.416 e. The van der Waals surface area contributed by atoms with Gasteiger partial charge in [0.1, 0.15) is 17.9 Å². The minimum absolute atomic E-state index is 0.199. The van der Waals surface area contributed by atoms with Gasteiger partial charge in [0.2, 0.25) is 0 Å². The van der Waals surface area contributed by atoms with Crippen LogP contribution in [0.1, 0.15) is 27.8 Å². The third kappa shape index (κ3) is 5.92. The average Bonchev–Trinajstić information content (AvgIpc) is 2.81. The van der Waals surface area contributed by atoms with Crippen molar-refractivity contribution >= 4 is 57.1 Å². The van der Waals surface area contributed by atoms with Crippen molar-refractivity contribution in [1.82, 2.24) is 5.32 Å². The highest BCUT2D eigenvalue weighted by molar-refractivity contribution is 9.10. The lowest BCUT2D eigenvalue weighted by Crippen LogP contribution is -2.54. The minimum atomic E-state index is -4.75. The van der Waals surface area contributed by atoms with Gasteiger partial charge in [-0.1, -0.05) is 56.9 Å². The molecule has 1 fully saturated rings. The molecule has 1 aliphatic rings. The number of aryl methyl sites for hydroxylation is 2. The molecule has 1 aliphatic heterocycles. The number of hydrogen-bond acceptors (Lipinski definition) is 4. The van der Waals surface area contributed by atoms with Gasteiger partial charge in [0.25, 0.3) is 11.8 Å². The van der Waals surface area contributed by atoms with Gasteiger partial charge in [-0.15, -0.1) is 0 Å². The second kappa shape index (κ2) is 10.6. The largest absolute Gasteiger partial charge is 0.488 e. The predicted octanol–water partition coefficient (Wildman–Crippen LogP) is 6.98. The second-order valence-electron chi connectivity index (χ2n) is 8.59. The summed E-state index contributed by atoms with van der Waals surface area (Å²) < 4.78 is 46.4. The fourth-order valence-corrected chi connectivity index (χ4v) is 4.55. The summed E-state index contributed by atoms with van der Waals surface area (Å²) in [7, 11) is 0. The summed E-state index contributed by atoms with van der Waals surface area (Å²) in [6.45, 7) is 4.12. The van der Waals surface area contributed by atoms with Gasteiger partial charge >= 0.3 is 12.2 Å². The molecule has 1 N–H and O–H groups in total. The Morgan fingerprint density at radius 3 is 2.34 bits per heavy atom. The van der Waals surface area contributed by atoms with Crippen LogP contribution in [0.2, 0.25) is 5.02 Å². The van der Waals surface area contributed by atoms with Crippen molar-refractivity contribution in [3.8, 4) is 5.75 Å². The van der Waals surface area contributed by atoms with Gasteiger partial charge in [0.15, 0.2) is 0 Å². The molecule has 0 aliphatic carbocycles. The Labute approximate surface area is 229 Å². The number of barbiturate groups is 1. The highest BCUT2D eigenvalue weighted by atomic mass is 79.9. The van der Waals surface area contributed by atoms with Gasteiger partial charge < -0.3 is 4.74 Å². The molecule has 0 bridgehead atoms. The number of ether oxygens (including phenoxy) is 1. The molecular weight excluding hydrogens is 589 g/mol. The molecule has 4 amide bonds. The van der Waals surface area contributed by atoms with E-state index in [1.54, 1.807) is 18.2 Å². The van der Waals surface area contributed by atoms with E-state index in [2.05, 4.69) is 15.9 Å². The molecule has 0 aromatic heterocycles. The van der Waals surface area contributed by atoms with Crippen molar-refractivity contribution in [2.75, 3.05) is 4.90 Å². The molecule has 0 unspecified atom stereocenters. The first-order chi connectivity index (χ1) is 17.8. The molecule has 4 rings (SSSR count). The van der Waals surface area contributed by atoms with Crippen LogP contribution in [0.15, 0.2) is 64.6 Å². The van der Waals surface area contributed by atoms with Crippen LogP contribution < -0.4 is 15.0 Å². The standard InChI is InChI=1S/C27H19BrClF3N2O4/c1-14-7-15(2)9-16(8-14)13-38-23-6-4-19(28)10-17(23)11-20-24(35)33-26(37)34(25(20)36)22-12-18(27(30,31)32)3-5-21(22)29/h3-12H,13H2,1-2H3,(H,33,35,37)/b20-11-. The molecule has 0 spiro atoms. The van der Waals surface area contributed by atoms with Gasteiger partial charge in [0, 0.05) is 10.0 Å². The minimum Gasteiger partial charge on any atom is -0.488 e. The van der Waals surface area contributed by atoms with Crippen LogP contribution in [0.4, 0.5) is 23.7 Å². The first-order valence-electron chi connectivity index (χ1n) is 11.1. The molecule has 1 heterocycles. The number of amides is 4. The number of anilines is 1. The lowest BCUT2D eigenvalue weighted by molar-refractivity contribution is -0.137. The van der Waals surface area contributed by atoms with Crippen molar-refractivity contribution < 1.29 is 32.3 Å². The van der Waals surface area contributed by atoms with Crippen molar-refractivity contribution in [3.63, 3.8) is 0 Å². The Kier molecular flexibility index (Phi) is 7.66. The lowest BCUT2D eigenvalue weighted by Gasteiger charge is -2.27. The number of urea groups is 1. The number of nitrogens with one attached hydrogen (secondary N) is 1. The third-order valence-corrected chi connectivity index (χ3v) is 6.38. The number of imide groups is 2. The highest BCUT2D eigenvalue weighted by Crippen LogP contribution is 2.37. The lowest BCUT2D eigenvalue weighted by atomic mass is 10.1. The average molecular weight is 608 g/mol. The Hall–Kier alpha value is -3.63. The van der Waals surface area contributed by atoms with Crippen LogP contribution in [0.3, 0.4) is 0 Å². The number of rotatable bonds is 5. The van der Waals surface area contributed by atoms with E-state index in [9.17, 15) is 27.6 Å². The summed E-state index contributed by atoms with van der Waals surface area (Å²) in [6.07, 6.45) is -3.54. The number of hydrogen-bond donors (Lipinski definition) is 1. The third-order valence-electron chi connectivity index (χ3n) is 5.56. The fraction of sp³-hybridized carbons (Fsp3) is 0.148. The quantitative estimate of drug-likeness (QED) is 0.251. The molecular formula is C27H19BrClF3N2O4. The maximum absolute atomic E-state index is 13.3. The zero-order valence-electron chi connectivity index (χ0n) is 20.0. The van der Waals surface area contributed by atoms with Crippen LogP contribution in [-0.2, 0) is 22.4 Å². The van der Waals surface area contributed by atoms with Crippen molar-refractivity contribution in [2.45, 2.75) is 26.6 Å². The summed E-state index contributed by atoms with van der Waals surface area (Å²) in [5.74, 6) is -1.82. The Morgan fingerprint density at radius 2 is 1.68 bits per heavy atom. The van der Waals surface area contributed by atoms with E-state index in [0.29, 0.717) is 26.8 Å². The Balaban J connectivity index is 1.71.